The van der Waals surface area contributed by atoms with E-state index in [0.29, 0.717) is 18.1 Å². The fraction of sp³-hybridized carbons (Fsp3) is 0.583. The summed E-state index contributed by atoms with van der Waals surface area (Å²) in [7, 11) is 0. The topological polar surface area (TPSA) is 96.2 Å². The lowest BCUT2D eigenvalue weighted by Gasteiger charge is -2.26. The Morgan fingerprint density at radius 1 is 1.26 bits per heavy atom. The molecule has 0 saturated carbocycles. The van der Waals surface area contributed by atoms with Gasteiger partial charge in [-0.3, -0.25) is 4.79 Å². The highest BCUT2D eigenvalue weighted by Gasteiger charge is 2.11. The van der Waals surface area contributed by atoms with Crippen LogP contribution in [-0.2, 0) is 0 Å². The molecule has 1 aromatic rings. The predicted molar refractivity (Wildman–Crippen MR) is 72.5 cm³/mol. The quantitative estimate of drug-likeness (QED) is 0.511. The van der Waals surface area contributed by atoms with Crippen molar-refractivity contribution in [1.29, 1.82) is 0 Å². The van der Waals surface area contributed by atoms with Crippen molar-refractivity contribution in [3.63, 3.8) is 0 Å². The van der Waals surface area contributed by atoms with Gasteiger partial charge in [0.2, 0.25) is 0 Å². The van der Waals surface area contributed by atoms with Crippen molar-refractivity contribution in [2.75, 3.05) is 31.6 Å². The van der Waals surface area contributed by atoms with E-state index in [-0.39, 0.29) is 5.91 Å². The summed E-state index contributed by atoms with van der Waals surface area (Å²) in [6, 6.07) is 3.21. The monoisotopic (exact) mass is 264 g/mol. The first-order chi connectivity index (χ1) is 9.29. The molecule has 19 heavy (non-hydrogen) atoms. The van der Waals surface area contributed by atoms with Crippen molar-refractivity contribution in [3.05, 3.63) is 17.8 Å². The van der Waals surface area contributed by atoms with Gasteiger partial charge in [0.15, 0.2) is 11.5 Å². The number of hydrazine groups is 1. The maximum atomic E-state index is 11.8. The van der Waals surface area contributed by atoms with Gasteiger partial charge in [-0.2, -0.15) is 0 Å². The number of nitrogens with zero attached hydrogens (tertiary/aromatic N) is 3. The molecule has 0 atom stereocenters. The van der Waals surface area contributed by atoms with Crippen LogP contribution < -0.4 is 16.6 Å². The standard InChI is InChI=1S/C12H20N6O/c13-15-11-5-4-10(16-17-11)12(19)14-6-9-18-7-2-1-3-8-18/h4-5H,1-3,6-9,13H2,(H,14,19)(H,15,17). The Morgan fingerprint density at radius 3 is 2.68 bits per heavy atom. The van der Waals surface area contributed by atoms with Crippen molar-refractivity contribution in [3.8, 4) is 0 Å². The number of anilines is 1. The first kappa shape index (κ1) is 13.7. The van der Waals surface area contributed by atoms with Gasteiger partial charge in [-0.05, 0) is 38.1 Å². The third kappa shape index (κ3) is 4.15. The molecule has 1 aliphatic heterocycles. The Morgan fingerprint density at radius 2 is 2.05 bits per heavy atom. The van der Waals surface area contributed by atoms with E-state index in [9.17, 15) is 4.79 Å². The van der Waals surface area contributed by atoms with Gasteiger partial charge < -0.3 is 15.6 Å². The summed E-state index contributed by atoms with van der Waals surface area (Å²) in [5, 5.41) is 10.4. The molecule has 2 heterocycles. The molecule has 0 aliphatic carbocycles. The highest BCUT2D eigenvalue weighted by Crippen LogP contribution is 2.07. The van der Waals surface area contributed by atoms with Crippen molar-refractivity contribution >= 4 is 11.7 Å². The van der Waals surface area contributed by atoms with Crippen LogP contribution in [0.1, 0.15) is 29.8 Å². The number of carbonyl (C=O) groups is 1. The van der Waals surface area contributed by atoms with Crippen molar-refractivity contribution in [2.24, 2.45) is 5.84 Å². The Labute approximate surface area is 112 Å². The summed E-state index contributed by atoms with van der Waals surface area (Å²) < 4.78 is 0. The molecule has 4 N–H and O–H groups in total. The Balaban J connectivity index is 1.73. The fourth-order valence-electron chi connectivity index (χ4n) is 2.13. The molecule has 7 heteroatoms. The van der Waals surface area contributed by atoms with Gasteiger partial charge in [0.25, 0.3) is 5.91 Å². The average Bonchev–Trinajstić information content (AvgIpc) is 2.48. The number of carbonyl (C=O) groups excluding carboxylic acids is 1. The maximum Gasteiger partial charge on any atom is 0.271 e. The largest absolute Gasteiger partial charge is 0.349 e. The van der Waals surface area contributed by atoms with E-state index in [1.807, 2.05) is 0 Å². The van der Waals surface area contributed by atoms with Gasteiger partial charge in [-0.1, -0.05) is 6.42 Å². The number of likely N-dealkylation sites (tertiary alicyclic amines) is 1. The molecular formula is C12H20N6O. The fourth-order valence-corrected chi connectivity index (χ4v) is 2.13. The van der Waals surface area contributed by atoms with Gasteiger partial charge >= 0.3 is 0 Å². The predicted octanol–water partition coefficient (Wildman–Crippen LogP) is -0.0221. The van der Waals surface area contributed by atoms with E-state index in [1.54, 1.807) is 12.1 Å². The number of nitrogens with two attached hydrogens (primary N) is 1. The summed E-state index contributed by atoms with van der Waals surface area (Å²) in [5.41, 5.74) is 2.67. The smallest absolute Gasteiger partial charge is 0.271 e. The van der Waals surface area contributed by atoms with E-state index >= 15 is 0 Å². The highest BCUT2D eigenvalue weighted by atomic mass is 16.1. The number of amides is 1. The molecule has 0 aromatic carbocycles. The molecule has 1 amide bonds. The lowest BCUT2D eigenvalue weighted by Crippen LogP contribution is -2.37. The van der Waals surface area contributed by atoms with Crippen LogP contribution in [0.25, 0.3) is 0 Å². The third-order valence-corrected chi connectivity index (χ3v) is 3.21. The Kier molecular flexibility index (Phi) is 5.05. The SMILES string of the molecule is NNc1ccc(C(=O)NCCN2CCCCC2)nn1. The lowest BCUT2D eigenvalue weighted by molar-refractivity contribution is 0.0940. The molecule has 2 rings (SSSR count). The van der Waals surface area contributed by atoms with Crippen LogP contribution in [0.4, 0.5) is 5.82 Å². The normalized spacial score (nSPS) is 16.1. The number of nitrogen functional groups attached to an aromatic ring is 1. The summed E-state index contributed by atoms with van der Waals surface area (Å²) in [4.78, 5) is 14.2. The maximum absolute atomic E-state index is 11.8. The third-order valence-electron chi connectivity index (χ3n) is 3.21. The minimum absolute atomic E-state index is 0.201. The number of hydrogen-bond acceptors (Lipinski definition) is 6. The van der Waals surface area contributed by atoms with Crippen molar-refractivity contribution < 1.29 is 4.79 Å². The number of nitrogens with one attached hydrogen (secondary N) is 2. The van der Waals surface area contributed by atoms with Crippen LogP contribution in [-0.4, -0.2) is 47.2 Å². The van der Waals surface area contributed by atoms with Gasteiger partial charge in [0, 0.05) is 13.1 Å². The van der Waals surface area contributed by atoms with Crippen LogP contribution in [0.3, 0.4) is 0 Å². The molecular weight excluding hydrogens is 244 g/mol. The second-order valence-electron chi connectivity index (χ2n) is 4.61. The number of hydrogen-bond donors (Lipinski definition) is 3. The Hall–Kier alpha value is -1.73. The molecule has 7 nitrogen and oxygen atoms in total. The number of piperidine rings is 1. The molecule has 0 spiro atoms. The van der Waals surface area contributed by atoms with Gasteiger partial charge in [0.05, 0.1) is 0 Å². The number of rotatable bonds is 5. The molecule has 1 aliphatic rings. The van der Waals surface area contributed by atoms with Crippen LogP contribution in [0.5, 0.6) is 0 Å². The second-order valence-corrected chi connectivity index (χ2v) is 4.61. The van der Waals surface area contributed by atoms with Crippen molar-refractivity contribution in [2.45, 2.75) is 19.3 Å². The van der Waals surface area contributed by atoms with Gasteiger partial charge in [0.1, 0.15) is 0 Å². The average molecular weight is 264 g/mol. The van der Waals surface area contributed by atoms with E-state index in [2.05, 4.69) is 25.8 Å². The molecule has 0 unspecified atom stereocenters. The minimum atomic E-state index is -0.201. The molecule has 1 fully saturated rings. The summed E-state index contributed by atoms with van der Waals surface area (Å²) in [6.45, 7) is 3.79. The summed E-state index contributed by atoms with van der Waals surface area (Å²) in [5.74, 6) is 5.41. The zero-order valence-corrected chi connectivity index (χ0v) is 10.9. The molecule has 1 aromatic heterocycles. The van der Waals surface area contributed by atoms with Gasteiger partial charge in [-0.15, -0.1) is 10.2 Å². The number of aromatic nitrogens is 2. The van der Waals surface area contributed by atoms with Crippen LogP contribution in [0, 0.1) is 0 Å². The van der Waals surface area contributed by atoms with E-state index < -0.39 is 0 Å². The molecule has 1 saturated heterocycles. The van der Waals surface area contributed by atoms with E-state index in [4.69, 9.17) is 5.84 Å². The molecule has 104 valence electrons. The minimum Gasteiger partial charge on any atom is -0.349 e. The highest BCUT2D eigenvalue weighted by molar-refractivity contribution is 5.92. The Bertz CT molecular complexity index is 401. The molecule has 0 radical (unpaired) electrons. The molecule has 0 bridgehead atoms. The lowest BCUT2D eigenvalue weighted by atomic mass is 10.1. The first-order valence-corrected chi connectivity index (χ1v) is 6.60. The van der Waals surface area contributed by atoms with Crippen LogP contribution in [0.2, 0.25) is 0 Å². The van der Waals surface area contributed by atoms with Crippen LogP contribution in [0.15, 0.2) is 12.1 Å². The zero-order valence-electron chi connectivity index (χ0n) is 10.9. The zero-order chi connectivity index (χ0) is 13.5. The first-order valence-electron chi connectivity index (χ1n) is 6.60. The summed E-state index contributed by atoms with van der Waals surface area (Å²) >= 11 is 0. The van der Waals surface area contributed by atoms with Crippen LogP contribution >= 0.6 is 0 Å². The summed E-state index contributed by atoms with van der Waals surface area (Å²) in [6.07, 6.45) is 3.83. The van der Waals surface area contributed by atoms with E-state index in [0.717, 1.165) is 19.6 Å². The van der Waals surface area contributed by atoms with E-state index in [1.165, 1.54) is 19.3 Å². The van der Waals surface area contributed by atoms with Crippen molar-refractivity contribution in [1.82, 2.24) is 20.4 Å². The second kappa shape index (κ2) is 7.01. The van der Waals surface area contributed by atoms with Gasteiger partial charge in [-0.25, -0.2) is 5.84 Å².